The summed E-state index contributed by atoms with van der Waals surface area (Å²) in [4.78, 5) is 15.9. The lowest BCUT2D eigenvalue weighted by molar-refractivity contribution is 0.0941. The molecule has 1 aliphatic carbocycles. The van der Waals surface area contributed by atoms with Crippen molar-refractivity contribution in [3.63, 3.8) is 0 Å². The summed E-state index contributed by atoms with van der Waals surface area (Å²) >= 11 is 0. The van der Waals surface area contributed by atoms with Gasteiger partial charge in [0.05, 0.1) is 0 Å². The third-order valence-electron chi connectivity index (χ3n) is 3.32. The van der Waals surface area contributed by atoms with Gasteiger partial charge in [-0.05, 0) is 36.8 Å². The summed E-state index contributed by atoms with van der Waals surface area (Å²) in [5.41, 5.74) is 1.09. The lowest BCUT2D eigenvalue weighted by Gasteiger charge is -2.10. The first-order chi connectivity index (χ1) is 9.20. The quantitative estimate of drug-likeness (QED) is 0.798. The van der Waals surface area contributed by atoms with Crippen molar-refractivity contribution in [3.8, 4) is 11.8 Å². The van der Waals surface area contributed by atoms with Crippen LogP contribution in [0.25, 0.3) is 0 Å². The molecule has 4 nitrogen and oxygen atoms in total. The predicted octanol–water partition coefficient (Wildman–Crippen LogP) is 1.20. The van der Waals surface area contributed by atoms with Gasteiger partial charge in [-0.15, -0.1) is 0 Å². The van der Waals surface area contributed by atoms with Gasteiger partial charge in [-0.2, -0.15) is 0 Å². The fraction of sp³-hybridized carbons (Fsp3) is 0.467. The van der Waals surface area contributed by atoms with E-state index in [1.807, 2.05) is 0 Å². The Morgan fingerprint density at radius 3 is 2.95 bits per heavy atom. The van der Waals surface area contributed by atoms with Crippen LogP contribution >= 0.6 is 0 Å². The molecule has 1 aromatic heterocycles. The van der Waals surface area contributed by atoms with Crippen LogP contribution in [0.15, 0.2) is 18.3 Å². The number of pyridine rings is 1. The summed E-state index contributed by atoms with van der Waals surface area (Å²) in [6.45, 7) is 2.69. The van der Waals surface area contributed by atoms with Gasteiger partial charge in [0.1, 0.15) is 12.3 Å². The average molecular weight is 258 g/mol. The topological polar surface area (TPSA) is 62.2 Å². The van der Waals surface area contributed by atoms with E-state index >= 15 is 0 Å². The van der Waals surface area contributed by atoms with Crippen molar-refractivity contribution in [1.29, 1.82) is 0 Å². The zero-order valence-corrected chi connectivity index (χ0v) is 11.0. The summed E-state index contributed by atoms with van der Waals surface area (Å²) in [7, 11) is 0. The van der Waals surface area contributed by atoms with Crippen LogP contribution in [0, 0.1) is 23.7 Å². The van der Waals surface area contributed by atoms with Crippen LogP contribution in [-0.4, -0.2) is 29.1 Å². The summed E-state index contributed by atoms with van der Waals surface area (Å²) in [6.07, 6.45) is 4.11. The lowest BCUT2D eigenvalue weighted by Crippen LogP contribution is -2.29. The highest BCUT2D eigenvalue weighted by atomic mass is 16.2. The molecule has 0 saturated heterocycles. The van der Waals surface area contributed by atoms with Crippen LogP contribution in [0.2, 0.25) is 0 Å². The molecule has 0 radical (unpaired) electrons. The van der Waals surface area contributed by atoms with Crippen molar-refractivity contribution in [2.24, 2.45) is 11.8 Å². The Bertz CT molecular complexity index is 495. The van der Waals surface area contributed by atoms with E-state index in [-0.39, 0.29) is 12.5 Å². The smallest absolute Gasteiger partial charge is 0.269 e. The zero-order valence-electron chi connectivity index (χ0n) is 11.0. The second-order valence-corrected chi connectivity index (χ2v) is 4.92. The Morgan fingerprint density at radius 1 is 1.58 bits per heavy atom. The Labute approximate surface area is 113 Å². The third kappa shape index (κ3) is 4.08. The van der Waals surface area contributed by atoms with Crippen LogP contribution in [0.1, 0.15) is 35.8 Å². The SMILES string of the molecule is CC(CNC(=O)c1ccc(C#CCO)cn1)C1CC1. The minimum atomic E-state index is -0.179. The molecular formula is C15H18N2O2. The van der Waals surface area contributed by atoms with Crippen LogP contribution in [0.5, 0.6) is 0 Å². The number of hydrogen-bond donors (Lipinski definition) is 2. The fourth-order valence-electron chi connectivity index (χ4n) is 1.92. The number of carbonyl (C=O) groups is 1. The first-order valence-corrected chi connectivity index (χ1v) is 6.54. The van der Waals surface area contributed by atoms with Gasteiger partial charge in [0.25, 0.3) is 5.91 Å². The number of aliphatic hydroxyl groups excluding tert-OH is 1. The number of aliphatic hydroxyl groups is 1. The van der Waals surface area contributed by atoms with Crippen molar-refractivity contribution in [2.75, 3.05) is 13.2 Å². The molecule has 1 fully saturated rings. The standard InChI is InChI=1S/C15H18N2O2/c1-11(13-5-6-13)9-17-15(19)14-7-4-12(10-16-14)3-2-8-18/h4,7,10-11,13,18H,5-6,8-9H2,1H3,(H,17,19). The summed E-state index contributed by atoms with van der Waals surface area (Å²) in [5.74, 6) is 6.46. The average Bonchev–Trinajstić information content (AvgIpc) is 3.27. The van der Waals surface area contributed by atoms with Gasteiger partial charge in [-0.25, -0.2) is 4.98 Å². The molecule has 4 heteroatoms. The Balaban J connectivity index is 1.87. The molecule has 100 valence electrons. The van der Waals surface area contributed by atoms with Gasteiger partial charge < -0.3 is 10.4 Å². The van der Waals surface area contributed by atoms with Crippen LogP contribution in [0.4, 0.5) is 0 Å². The van der Waals surface area contributed by atoms with Gasteiger partial charge >= 0.3 is 0 Å². The molecule has 2 N–H and O–H groups in total. The Morgan fingerprint density at radius 2 is 2.37 bits per heavy atom. The molecule has 1 saturated carbocycles. The van der Waals surface area contributed by atoms with E-state index in [2.05, 4.69) is 29.1 Å². The van der Waals surface area contributed by atoms with Crippen LogP contribution < -0.4 is 5.32 Å². The van der Waals surface area contributed by atoms with E-state index in [0.717, 1.165) is 5.92 Å². The molecule has 1 heterocycles. The molecule has 1 unspecified atom stereocenters. The second-order valence-electron chi connectivity index (χ2n) is 4.92. The lowest BCUT2D eigenvalue weighted by atomic mass is 10.1. The predicted molar refractivity (Wildman–Crippen MR) is 72.4 cm³/mol. The molecule has 1 amide bonds. The fourth-order valence-corrected chi connectivity index (χ4v) is 1.92. The van der Waals surface area contributed by atoms with Gasteiger partial charge in [0, 0.05) is 18.3 Å². The highest BCUT2D eigenvalue weighted by Gasteiger charge is 2.27. The molecule has 1 aliphatic rings. The summed E-state index contributed by atoms with van der Waals surface area (Å²) < 4.78 is 0. The molecular weight excluding hydrogens is 240 g/mol. The Hall–Kier alpha value is -1.86. The maximum atomic E-state index is 11.9. The van der Waals surface area contributed by atoms with Gasteiger partial charge in [0.15, 0.2) is 0 Å². The minimum absolute atomic E-state index is 0.144. The van der Waals surface area contributed by atoms with Gasteiger partial charge in [-0.1, -0.05) is 18.8 Å². The molecule has 19 heavy (non-hydrogen) atoms. The number of nitrogens with one attached hydrogen (secondary N) is 1. The molecule has 2 rings (SSSR count). The third-order valence-corrected chi connectivity index (χ3v) is 3.32. The van der Waals surface area contributed by atoms with E-state index in [1.165, 1.54) is 12.8 Å². The molecule has 0 bridgehead atoms. The first kappa shape index (κ1) is 13.6. The highest BCUT2D eigenvalue weighted by molar-refractivity contribution is 5.92. The van der Waals surface area contributed by atoms with Crippen LogP contribution in [0.3, 0.4) is 0 Å². The van der Waals surface area contributed by atoms with Gasteiger partial charge in [0.2, 0.25) is 0 Å². The van der Waals surface area contributed by atoms with Crippen LogP contribution in [-0.2, 0) is 0 Å². The maximum Gasteiger partial charge on any atom is 0.269 e. The van der Waals surface area contributed by atoms with Crippen molar-refractivity contribution in [1.82, 2.24) is 10.3 Å². The normalized spacial score (nSPS) is 15.3. The molecule has 0 aliphatic heterocycles. The number of amides is 1. The van der Waals surface area contributed by atoms with Crippen molar-refractivity contribution in [3.05, 3.63) is 29.6 Å². The highest BCUT2D eigenvalue weighted by Crippen LogP contribution is 2.36. The second kappa shape index (κ2) is 6.35. The molecule has 0 aromatic carbocycles. The first-order valence-electron chi connectivity index (χ1n) is 6.54. The maximum absolute atomic E-state index is 11.9. The van der Waals surface area contributed by atoms with E-state index in [9.17, 15) is 4.79 Å². The number of rotatable bonds is 4. The number of carbonyl (C=O) groups excluding carboxylic acids is 1. The van der Waals surface area contributed by atoms with Crippen molar-refractivity contribution < 1.29 is 9.90 Å². The van der Waals surface area contributed by atoms with E-state index in [1.54, 1.807) is 18.3 Å². The monoisotopic (exact) mass is 258 g/mol. The number of aromatic nitrogens is 1. The largest absolute Gasteiger partial charge is 0.384 e. The summed E-state index contributed by atoms with van der Waals surface area (Å²) in [6, 6.07) is 3.38. The molecule has 1 atom stereocenters. The van der Waals surface area contributed by atoms with E-state index in [4.69, 9.17) is 5.11 Å². The van der Waals surface area contributed by atoms with Crippen molar-refractivity contribution >= 4 is 5.91 Å². The van der Waals surface area contributed by atoms with Crippen molar-refractivity contribution in [2.45, 2.75) is 19.8 Å². The van der Waals surface area contributed by atoms with E-state index < -0.39 is 0 Å². The number of hydrogen-bond acceptors (Lipinski definition) is 3. The molecule has 1 aromatic rings. The summed E-state index contributed by atoms with van der Waals surface area (Å²) in [5, 5.41) is 11.5. The number of nitrogens with zero attached hydrogens (tertiary/aromatic N) is 1. The molecule has 0 spiro atoms. The minimum Gasteiger partial charge on any atom is -0.384 e. The van der Waals surface area contributed by atoms with Gasteiger partial charge in [-0.3, -0.25) is 4.79 Å². The Kier molecular flexibility index (Phi) is 4.53. The van der Waals surface area contributed by atoms with E-state index in [0.29, 0.717) is 23.7 Å². The zero-order chi connectivity index (χ0) is 13.7.